The van der Waals surface area contributed by atoms with Gasteiger partial charge >= 0.3 is 0 Å². The molecule has 0 aromatic heterocycles. The molecule has 0 heterocycles. The van der Waals surface area contributed by atoms with Gasteiger partial charge in [0.25, 0.3) is 5.69 Å². The van der Waals surface area contributed by atoms with Gasteiger partial charge in [0.05, 0.1) is 4.92 Å². The standard InChI is InChI=1S/C13H12N2O2/c1-9-5-6-11(14)8-13(9)10-3-2-4-12(7-10)15(16)17/h2-8H,14H2,1H3. The van der Waals surface area contributed by atoms with Crippen LogP contribution in [0, 0.1) is 17.0 Å². The first-order valence-electron chi connectivity index (χ1n) is 5.19. The lowest BCUT2D eigenvalue weighted by atomic mass is 9.99. The molecule has 0 unspecified atom stereocenters. The quantitative estimate of drug-likeness (QED) is 0.487. The van der Waals surface area contributed by atoms with Crippen LogP contribution in [-0.4, -0.2) is 4.92 Å². The topological polar surface area (TPSA) is 69.2 Å². The van der Waals surface area contributed by atoms with E-state index in [2.05, 4.69) is 0 Å². The van der Waals surface area contributed by atoms with E-state index in [1.54, 1.807) is 12.1 Å². The number of nitro groups is 1. The van der Waals surface area contributed by atoms with Crippen molar-refractivity contribution in [2.45, 2.75) is 6.92 Å². The summed E-state index contributed by atoms with van der Waals surface area (Å²) in [5.41, 5.74) is 9.24. The average molecular weight is 228 g/mol. The molecule has 0 spiro atoms. The summed E-state index contributed by atoms with van der Waals surface area (Å²) in [7, 11) is 0. The fraction of sp³-hybridized carbons (Fsp3) is 0.0769. The molecule has 2 N–H and O–H groups in total. The summed E-state index contributed by atoms with van der Waals surface area (Å²) in [5.74, 6) is 0. The summed E-state index contributed by atoms with van der Waals surface area (Å²) in [6.07, 6.45) is 0. The number of rotatable bonds is 2. The van der Waals surface area contributed by atoms with Crippen LogP contribution in [0.15, 0.2) is 42.5 Å². The van der Waals surface area contributed by atoms with Crippen molar-refractivity contribution in [3.05, 3.63) is 58.1 Å². The van der Waals surface area contributed by atoms with Crippen LogP contribution in [0.5, 0.6) is 0 Å². The molecule has 86 valence electrons. The number of hydrogen-bond donors (Lipinski definition) is 1. The van der Waals surface area contributed by atoms with E-state index in [1.165, 1.54) is 6.07 Å². The van der Waals surface area contributed by atoms with Crippen LogP contribution in [0.3, 0.4) is 0 Å². The minimum Gasteiger partial charge on any atom is -0.399 e. The molecule has 0 fully saturated rings. The maximum Gasteiger partial charge on any atom is 0.270 e. The third kappa shape index (κ3) is 2.25. The van der Waals surface area contributed by atoms with Gasteiger partial charge in [0, 0.05) is 17.8 Å². The first-order valence-corrected chi connectivity index (χ1v) is 5.19. The third-order valence-electron chi connectivity index (χ3n) is 2.63. The number of hydrogen-bond acceptors (Lipinski definition) is 3. The molecule has 0 saturated carbocycles. The van der Waals surface area contributed by atoms with E-state index < -0.39 is 4.92 Å². The van der Waals surface area contributed by atoms with Crippen LogP contribution in [0.2, 0.25) is 0 Å². The molecule has 2 rings (SSSR count). The van der Waals surface area contributed by atoms with Gasteiger partial charge in [-0.15, -0.1) is 0 Å². The first-order chi connectivity index (χ1) is 8.08. The number of benzene rings is 2. The lowest BCUT2D eigenvalue weighted by Gasteiger charge is -2.06. The molecule has 0 aliphatic carbocycles. The maximum atomic E-state index is 10.7. The predicted octanol–water partition coefficient (Wildman–Crippen LogP) is 3.15. The largest absolute Gasteiger partial charge is 0.399 e. The van der Waals surface area contributed by atoms with Gasteiger partial charge in [-0.1, -0.05) is 18.2 Å². The molecular weight excluding hydrogens is 216 g/mol. The fourth-order valence-electron chi connectivity index (χ4n) is 1.74. The van der Waals surface area contributed by atoms with Crippen molar-refractivity contribution >= 4 is 11.4 Å². The lowest BCUT2D eigenvalue weighted by molar-refractivity contribution is -0.384. The Kier molecular flexibility index (Phi) is 2.78. The Hall–Kier alpha value is -2.36. The van der Waals surface area contributed by atoms with Crippen molar-refractivity contribution in [1.29, 1.82) is 0 Å². The Morgan fingerprint density at radius 2 is 1.94 bits per heavy atom. The summed E-state index contributed by atoms with van der Waals surface area (Å²) in [6.45, 7) is 1.95. The Morgan fingerprint density at radius 1 is 1.18 bits per heavy atom. The maximum absolute atomic E-state index is 10.7. The van der Waals surface area contributed by atoms with Crippen LogP contribution in [0.25, 0.3) is 11.1 Å². The molecule has 0 amide bonds. The van der Waals surface area contributed by atoms with Crippen LogP contribution < -0.4 is 5.73 Å². The molecule has 0 atom stereocenters. The Morgan fingerprint density at radius 3 is 2.65 bits per heavy atom. The highest BCUT2D eigenvalue weighted by Gasteiger charge is 2.08. The molecule has 0 radical (unpaired) electrons. The van der Waals surface area contributed by atoms with E-state index in [4.69, 9.17) is 5.73 Å². The number of nitrogens with zero attached hydrogens (tertiary/aromatic N) is 1. The molecule has 0 aliphatic rings. The second kappa shape index (κ2) is 4.25. The van der Waals surface area contributed by atoms with E-state index in [-0.39, 0.29) is 5.69 Å². The number of non-ortho nitro benzene ring substituents is 1. The Bertz CT molecular complexity index is 579. The van der Waals surface area contributed by atoms with Gasteiger partial charge in [0.15, 0.2) is 0 Å². The fourth-order valence-corrected chi connectivity index (χ4v) is 1.74. The number of aryl methyl sites for hydroxylation is 1. The van der Waals surface area contributed by atoms with Gasteiger partial charge in [0.2, 0.25) is 0 Å². The normalized spacial score (nSPS) is 10.2. The second-order valence-corrected chi connectivity index (χ2v) is 3.88. The molecule has 0 aliphatic heterocycles. The molecule has 0 bridgehead atoms. The minimum atomic E-state index is -0.398. The summed E-state index contributed by atoms with van der Waals surface area (Å²) < 4.78 is 0. The highest BCUT2D eigenvalue weighted by molar-refractivity contribution is 5.72. The molecule has 4 heteroatoms. The van der Waals surface area contributed by atoms with Gasteiger partial charge in [0.1, 0.15) is 0 Å². The van der Waals surface area contributed by atoms with E-state index in [1.807, 2.05) is 31.2 Å². The van der Waals surface area contributed by atoms with E-state index in [0.29, 0.717) is 5.69 Å². The van der Waals surface area contributed by atoms with Crippen molar-refractivity contribution in [3.8, 4) is 11.1 Å². The molecule has 4 nitrogen and oxygen atoms in total. The molecule has 0 saturated heterocycles. The van der Waals surface area contributed by atoms with Crippen LogP contribution in [0.1, 0.15) is 5.56 Å². The van der Waals surface area contributed by atoms with Crippen molar-refractivity contribution in [2.75, 3.05) is 5.73 Å². The van der Waals surface area contributed by atoms with Gasteiger partial charge in [-0.25, -0.2) is 0 Å². The zero-order chi connectivity index (χ0) is 12.4. The number of nitro benzene ring substituents is 1. The first kappa shape index (κ1) is 11.1. The Balaban J connectivity index is 2.56. The zero-order valence-electron chi connectivity index (χ0n) is 9.38. The summed E-state index contributed by atoms with van der Waals surface area (Å²) in [4.78, 5) is 10.3. The number of nitrogens with two attached hydrogens (primary N) is 1. The minimum absolute atomic E-state index is 0.0873. The summed E-state index contributed by atoms with van der Waals surface area (Å²) in [6, 6.07) is 12.1. The third-order valence-corrected chi connectivity index (χ3v) is 2.63. The van der Waals surface area contributed by atoms with Gasteiger partial charge in [-0.3, -0.25) is 10.1 Å². The monoisotopic (exact) mass is 228 g/mol. The molecular formula is C13H12N2O2. The van der Waals surface area contributed by atoms with E-state index in [9.17, 15) is 10.1 Å². The van der Waals surface area contributed by atoms with E-state index in [0.717, 1.165) is 16.7 Å². The van der Waals surface area contributed by atoms with Gasteiger partial charge in [-0.2, -0.15) is 0 Å². The molecule has 17 heavy (non-hydrogen) atoms. The predicted molar refractivity (Wildman–Crippen MR) is 67.7 cm³/mol. The van der Waals surface area contributed by atoms with Crippen molar-refractivity contribution in [3.63, 3.8) is 0 Å². The highest BCUT2D eigenvalue weighted by atomic mass is 16.6. The van der Waals surface area contributed by atoms with Crippen molar-refractivity contribution in [1.82, 2.24) is 0 Å². The van der Waals surface area contributed by atoms with E-state index >= 15 is 0 Å². The zero-order valence-corrected chi connectivity index (χ0v) is 9.38. The van der Waals surface area contributed by atoms with Gasteiger partial charge < -0.3 is 5.73 Å². The van der Waals surface area contributed by atoms with Crippen molar-refractivity contribution in [2.24, 2.45) is 0 Å². The SMILES string of the molecule is Cc1ccc(N)cc1-c1cccc([N+](=O)[O-])c1. The summed E-state index contributed by atoms with van der Waals surface area (Å²) in [5, 5.41) is 10.7. The van der Waals surface area contributed by atoms with Crippen LogP contribution in [-0.2, 0) is 0 Å². The average Bonchev–Trinajstić information content (AvgIpc) is 2.32. The highest BCUT2D eigenvalue weighted by Crippen LogP contribution is 2.28. The smallest absolute Gasteiger partial charge is 0.270 e. The van der Waals surface area contributed by atoms with Crippen LogP contribution >= 0.6 is 0 Å². The number of anilines is 1. The Labute approximate surface area is 98.8 Å². The lowest BCUT2D eigenvalue weighted by Crippen LogP contribution is -1.91. The second-order valence-electron chi connectivity index (χ2n) is 3.88. The molecule has 2 aromatic rings. The van der Waals surface area contributed by atoms with Gasteiger partial charge in [-0.05, 0) is 35.7 Å². The van der Waals surface area contributed by atoms with Crippen molar-refractivity contribution < 1.29 is 4.92 Å². The number of nitrogen functional groups attached to an aromatic ring is 1. The molecule has 2 aromatic carbocycles. The van der Waals surface area contributed by atoms with Crippen LogP contribution in [0.4, 0.5) is 11.4 Å². The summed E-state index contributed by atoms with van der Waals surface area (Å²) >= 11 is 0.